The van der Waals surface area contributed by atoms with Gasteiger partial charge in [-0.15, -0.1) is 18.5 Å². The van der Waals surface area contributed by atoms with Crippen molar-refractivity contribution in [3.8, 4) is 11.5 Å². The third kappa shape index (κ3) is 1.45. The van der Waals surface area contributed by atoms with Crippen molar-refractivity contribution >= 4 is 29.1 Å². The van der Waals surface area contributed by atoms with Crippen molar-refractivity contribution in [3.05, 3.63) is 47.5 Å². The fourth-order valence-electron chi connectivity index (χ4n) is 3.22. The van der Waals surface area contributed by atoms with Crippen LogP contribution in [0.3, 0.4) is 0 Å². The predicted molar refractivity (Wildman–Crippen MR) is 83.3 cm³/mol. The summed E-state index contributed by atoms with van der Waals surface area (Å²) < 4.78 is 11.9. The number of fused-ring (bicyclic) bond motifs is 4. The summed E-state index contributed by atoms with van der Waals surface area (Å²) in [4.78, 5) is 0. The van der Waals surface area contributed by atoms with Crippen molar-refractivity contribution < 1.29 is 9.47 Å². The van der Waals surface area contributed by atoms with Gasteiger partial charge in [-0.2, -0.15) is 0 Å². The van der Waals surface area contributed by atoms with Gasteiger partial charge in [0.2, 0.25) is 0 Å². The summed E-state index contributed by atoms with van der Waals surface area (Å²) in [5, 5.41) is 2.39. The van der Waals surface area contributed by atoms with E-state index in [1.807, 2.05) is 24.3 Å². The molecule has 2 aliphatic heterocycles. The molecular formula is C15H14O2P2. The summed E-state index contributed by atoms with van der Waals surface area (Å²) in [6.07, 6.45) is 0. The van der Waals surface area contributed by atoms with Crippen LogP contribution in [0.5, 0.6) is 11.5 Å². The molecule has 0 N–H and O–H groups in total. The number of hydrogen-bond donors (Lipinski definition) is 0. The lowest BCUT2D eigenvalue weighted by Crippen LogP contribution is -2.36. The molecule has 0 aromatic heterocycles. The molecular weight excluding hydrogens is 274 g/mol. The van der Waals surface area contributed by atoms with Crippen LogP contribution in [0, 0.1) is 0 Å². The maximum absolute atomic E-state index is 5.93. The van der Waals surface area contributed by atoms with Gasteiger partial charge in [0.05, 0.1) is 5.41 Å². The van der Waals surface area contributed by atoms with Crippen molar-refractivity contribution in [3.63, 3.8) is 0 Å². The third-order valence-corrected chi connectivity index (χ3v) is 4.98. The van der Waals surface area contributed by atoms with E-state index in [1.54, 1.807) is 0 Å². The minimum atomic E-state index is -0.151. The van der Waals surface area contributed by atoms with Crippen LogP contribution >= 0.6 is 18.5 Å². The second kappa shape index (κ2) is 3.95. The summed E-state index contributed by atoms with van der Waals surface area (Å²) in [5.74, 6) is 1.97. The Morgan fingerprint density at radius 1 is 0.789 bits per heavy atom. The van der Waals surface area contributed by atoms with E-state index in [9.17, 15) is 0 Å². The molecule has 1 spiro atoms. The fraction of sp³-hybridized carbons (Fsp3) is 0.200. The molecule has 2 nitrogen and oxygen atoms in total. The van der Waals surface area contributed by atoms with E-state index in [-0.39, 0.29) is 5.41 Å². The quantitative estimate of drug-likeness (QED) is 0.688. The van der Waals surface area contributed by atoms with Gasteiger partial charge in [-0.25, -0.2) is 0 Å². The Morgan fingerprint density at radius 2 is 1.26 bits per heavy atom. The van der Waals surface area contributed by atoms with Crippen molar-refractivity contribution in [2.24, 2.45) is 0 Å². The minimum Gasteiger partial charge on any atom is -0.492 e. The van der Waals surface area contributed by atoms with Crippen LogP contribution in [-0.2, 0) is 5.41 Å². The van der Waals surface area contributed by atoms with Gasteiger partial charge in [0, 0.05) is 11.1 Å². The first-order chi connectivity index (χ1) is 9.22. The number of benzene rings is 2. The molecule has 4 rings (SSSR count). The Labute approximate surface area is 116 Å². The van der Waals surface area contributed by atoms with E-state index in [2.05, 4.69) is 30.6 Å². The van der Waals surface area contributed by atoms with Crippen LogP contribution in [0.15, 0.2) is 36.4 Å². The topological polar surface area (TPSA) is 18.5 Å². The summed E-state index contributed by atoms with van der Waals surface area (Å²) in [6.45, 7) is 1.32. The summed E-state index contributed by atoms with van der Waals surface area (Å²) in [5.41, 5.74) is 2.36. The van der Waals surface area contributed by atoms with Crippen molar-refractivity contribution in [2.75, 3.05) is 13.2 Å². The molecule has 96 valence electrons. The highest BCUT2D eigenvalue weighted by Gasteiger charge is 2.50. The zero-order valence-electron chi connectivity index (χ0n) is 10.3. The SMILES string of the molecule is Pc1cccc2c1C1(CO2)COc2cccc(P)c21. The first-order valence-electron chi connectivity index (χ1n) is 6.26. The van der Waals surface area contributed by atoms with Crippen LogP contribution in [0.2, 0.25) is 0 Å². The highest BCUT2D eigenvalue weighted by Crippen LogP contribution is 2.49. The molecule has 2 aromatic carbocycles. The van der Waals surface area contributed by atoms with Gasteiger partial charge in [-0.3, -0.25) is 0 Å². The lowest BCUT2D eigenvalue weighted by atomic mass is 9.78. The van der Waals surface area contributed by atoms with Crippen molar-refractivity contribution in [1.82, 2.24) is 0 Å². The molecule has 4 heteroatoms. The van der Waals surface area contributed by atoms with Gasteiger partial charge in [-0.05, 0) is 22.7 Å². The Kier molecular flexibility index (Phi) is 2.43. The van der Waals surface area contributed by atoms with E-state index in [0.717, 1.165) is 11.5 Å². The number of hydrogen-bond acceptors (Lipinski definition) is 2. The highest BCUT2D eigenvalue weighted by atomic mass is 31.0. The molecule has 2 atom stereocenters. The maximum Gasteiger partial charge on any atom is 0.124 e. The van der Waals surface area contributed by atoms with Crippen LogP contribution in [0.4, 0.5) is 0 Å². The lowest BCUT2D eigenvalue weighted by molar-refractivity contribution is 0.238. The lowest BCUT2D eigenvalue weighted by Gasteiger charge is -2.23. The summed E-state index contributed by atoms with van der Waals surface area (Å²) in [7, 11) is 5.65. The van der Waals surface area contributed by atoms with Crippen LogP contribution in [0.25, 0.3) is 0 Å². The molecule has 2 aliphatic rings. The fourth-order valence-corrected chi connectivity index (χ4v) is 4.28. The zero-order valence-corrected chi connectivity index (χ0v) is 12.7. The normalized spacial score (nSPS) is 17.8. The molecule has 0 radical (unpaired) electrons. The van der Waals surface area contributed by atoms with Crippen molar-refractivity contribution in [1.29, 1.82) is 0 Å². The second-order valence-corrected chi connectivity index (χ2v) is 6.34. The summed E-state index contributed by atoms with van der Waals surface area (Å²) in [6, 6.07) is 12.4. The number of ether oxygens (including phenoxy) is 2. The Hall–Kier alpha value is -1.10. The predicted octanol–water partition coefficient (Wildman–Crippen LogP) is 1.76. The van der Waals surface area contributed by atoms with Gasteiger partial charge >= 0.3 is 0 Å². The van der Waals surface area contributed by atoms with E-state index in [0.29, 0.717) is 13.2 Å². The minimum absolute atomic E-state index is 0.151. The van der Waals surface area contributed by atoms with Gasteiger partial charge < -0.3 is 9.47 Å². The molecule has 0 saturated heterocycles. The zero-order chi connectivity index (χ0) is 13.0. The number of rotatable bonds is 0. The van der Waals surface area contributed by atoms with E-state index in [1.165, 1.54) is 21.7 Å². The highest BCUT2D eigenvalue weighted by molar-refractivity contribution is 7.28. The Bertz CT molecular complexity index is 622. The smallest absolute Gasteiger partial charge is 0.124 e. The molecule has 19 heavy (non-hydrogen) atoms. The van der Waals surface area contributed by atoms with E-state index >= 15 is 0 Å². The first-order valence-corrected chi connectivity index (χ1v) is 7.41. The average molecular weight is 288 g/mol. The standard InChI is InChI=1S/C15H14O2P2/c18-11-5-1-3-9-13(11)15(7-16-9)8-17-10-4-2-6-12(19)14(10)15/h1-6H,7-8,18-19H2. The van der Waals surface area contributed by atoms with Crippen molar-refractivity contribution in [2.45, 2.75) is 5.41 Å². The molecule has 2 aromatic rings. The maximum atomic E-state index is 5.93. The second-order valence-electron chi connectivity index (χ2n) is 5.10. The molecule has 2 heterocycles. The molecule has 0 fully saturated rings. The van der Waals surface area contributed by atoms with E-state index < -0.39 is 0 Å². The largest absolute Gasteiger partial charge is 0.492 e. The third-order valence-electron chi connectivity index (χ3n) is 4.02. The molecule has 2 unspecified atom stereocenters. The molecule has 0 bridgehead atoms. The van der Waals surface area contributed by atoms with Gasteiger partial charge in [-0.1, -0.05) is 24.3 Å². The molecule has 0 amide bonds. The first kappa shape index (κ1) is 11.7. The van der Waals surface area contributed by atoms with Gasteiger partial charge in [0.1, 0.15) is 24.7 Å². The van der Waals surface area contributed by atoms with Crippen LogP contribution in [0.1, 0.15) is 11.1 Å². The Balaban J connectivity index is 2.03. The van der Waals surface area contributed by atoms with Crippen LogP contribution < -0.4 is 20.1 Å². The molecule has 0 saturated carbocycles. The average Bonchev–Trinajstić information content (AvgIpc) is 2.96. The summed E-state index contributed by atoms with van der Waals surface area (Å²) >= 11 is 0. The van der Waals surface area contributed by atoms with Gasteiger partial charge in [0.15, 0.2) is 0 Å². The Morgan fingerprint density at radius 3 is 1.74 bits per heavy atom. The van der Waals surface area contributed by atoms with E-state index in [4.69, 9.17) is 9.47 Å². The molecule has 0 aliphatic carbocycles. The van der Waals surface area contributed by atoms with Crippen LogP contribution in [-0.4, -0.2) is 13.2 Å². The monoisotopic (exact) mass is 288 g/mol. The van der Waals surface area contributed by atoms with Gasteiger partial charge in [0.25, 0.3) is 0 Å².